The van der Waals surface area contributed by atoms with Gasteiger partial charge in [-0.25, -0.2) is 18.4 Å². The minimum atomic E-state index is -4.63. The van der Waals surface area contributed by atoms with Crippen molar-refractivity contribution in [2.45, 2.75) is 26.6 Å². The number of fused-ring (bicyclic) bond motifs is 3. The van der Waals surface area contributed by atoms with Gasteiger partial charge in [0.15, 0.2) is 5.65 Å². The Balaban J connectivity index is 1.48. The SMILES string of the molecule is Cc1ccc(-c2cc3c4nn(CC(=O)Nc5ccccc5C(F)(F)F)c(=O)n4ccn3n2)cc1C. The summed E-state index contributed by atoms with van der Waals surface area (Å²) in [6.07, 6.45) is -1.56. The van der Waals surface area contributed by atoms with Gasteiger partial charge >= 0.3 is 11.9 Å². The van der Waals surface area contributed by atoms with E-state index >= 15 is 0 Å². The number of anilines is 1. The van der Waals surface area contributed by atoms with Crippen molar-refractivity contribution >= 4 is 22.8 Å². The molecule has 5 rings (SSSR count). The summed E-state index contributed by atoms with van der Waals surface area (Å²) in [6.45, 7) is 3.46. The third-order valence-electron chi connectivity index (χ3n) is 5.79. The molecule has 0 radical (unpaired) electrons. The number of nitrogens with one attached hydrogen (secondary N) is 1. The first-order valence-electron chi connectivity index (χ1n) is 10.6. The van der Waals surface area contributed by atoms with Crippen molar-refractivity contribution in [3.63, 3.8) is 0 Å². The molecule has 0 fully saturated rings. The molecule has 0 aliphatic heterocycles. The van der Waals surface area contributed by atoms with Crippen molar-refractivity contribution < 1.29 is 18.0 Å². The van der Waals surface area contributed by atoms with Crippen molar-refractivity contribution in [2.75, 3.05) is 5.32 Å². The van der Waals surface area contributed by atoms with E-state index in [4.69, 9.17) is 0 Å². The quantitative estimate of drug-likeness (QED) is 0.420. The van der Waals surface area contributed by atoms with Crippen LogP contribution in [-0.4, -0.2) is 29.7 Å². The number of carbonyl (C=O) groups is 1. The molecular weight excluding hydrogens is 461 g/mol. The van der Waals surface area contributed by atoms with E-state index in [0.29, 0.717) is 11.2 Å². The maximum absolute atomic E-state index is 13.2. The van der Waals surface area contributed by atoms with E-state index in [2.05, 4.69) is 15.5 Å². The zero-order chi connectivity index (χ0) is 24.9. The normalized spacial score (nSPS) is 11.9. The Kier molecular flexibility index (Phi) is 5.19. The summed E-state index contributed by atoms with van der Waals surface area (Å²) in [6, 6.07) is 12.4. The Morgan fingerprint density at radius 1 is 1.00 bits per heavy atom. The fourth-order valence-electron chi connectivity index (χ4n) is 3.84. The summed E-state index contributed by atoms with van der Waals surface area (Å²) in [5.41, 5.74) is 2.70. The summed E-state index contributed by atoms with van der Waals surface area (Å²) in [5.74, 6) is -0.812. The van der Waals surface area contributed by atoms with E-state index in [1.807, 2.05) is 32.0 Å². The van der Waals surface area contributed by atoms with Crippen LogP contribution in [0.15, 0.2) is 65.7 Å². The first-order valence-corrected chi connectivity index (χ1v) is 10.6. The lowest BCUT2D eigenvalue weighted by atomic mass is 10.0. The average molecular weight is 480 g/mol. The standard InChI is InChI=1S/C24H19F3N6O2/c1-14-7-8-16(11-15(14)2)19-12-20-22-30-33(23(35)31(22)9-10-32(20)29-19)13-21(34)28-18-6-4-3-5-17(18)24(25,26)27/h3-12H,13H2,1-2H3,(H,28,34). The fraction of sp³-hybridized carbons (Fsp3) is 0.167. The van der Waals surface area contributed by atoms with E-state index in [-0.39, 0.29) is 5.65 Å². The van der Waals surface area contributed by atoms with Crippen molar-refractivity contribution in [3.8, 4) is 11.3 Å². The Morgan fingerprint density at radius 3 is 2.51 bits per heavy atom. The summed E-state index contributed by atoms with van der Waals surface area (Å²) in [4.78, 5) is 25.3. The third kappa shape index (κ3) is 4.05. The molecule has 0 aliphatic carbocycles. The molecule has 0 atom stereocenters. The maximum atomic E-state index is 13.2. The van der Waals surface area contributed by atoms with Crippen molar-refractivity contribution in [1.82, 2.24) is 23.8 Å². The number of alkyl halides is 3. The number of aryl methyl sites for hydroxylation is 2. The van der Waals surface area contributed by atoms with Crippen LogP contribution in [0.3, 0.4) is 0 Å². The third-order valence-corrected chi connectivity index (χ3v) is 5.79. The van der Waals surface area contributed by atoms with Crippen LogP contribution < -0.4 is 11.0 Å². The van der Waals surface area contributed by atoms with Gasteiger partial charge in [-0.15, -0.1) is 5.10 Å². The molecular formula is C24H19F3N6O2. The van der Waals surface area contributed by atoms with Crippen LogP contribution in [0.5, 0.6) is 0 Å². The lowest BCUT2D eigenvalue weighted by Gasteiger charge is -2.13. The molecule has 3 aromatic heterocycles. The Morgan fingerprint density at radius 2 is 1.77 bits per heavy atom. The van der Waals surface area contributed by atoms with Crippen LogP contribution in [0.2, 0.25) is 0 Å². The van der Waals surface area contributed by atoms with E-state index in [9.17, 15) is 22.8 Å². The molecule has 0 aliphatic rings. The number of carbonyl (C=O) groups excluding carboxylic acids is 1. The largest absolute Gasteiger partial charge is 0.418 e. The molecule has 11 heteroatoms. The summed E-state index contributed by atoms with van der Waals surface area (Å²) in [5, 5.41) is 11.0. The topological polar surface area (TPSA) is 85.7 Å². The average Bonchev–Trinajstić information content (AvgIpc) is 3.37. The lowest BCUT2D eigenvalue weighted by molar-refractivity contribution is -0.137. The monoisotopic (exact) mass is 480 g/mol. The smallest absolute Gasteiger partial charge is 0.324 e. The van der Waals surface area contributed by atoms with Crippen LogP contribution in [0, 0.1) is 13.8 Å². The first-order chi connectivity index (χ1) is 16.6. The lowest BCUT2D eigenvalue weighted by Crippen LogP contribution is -2.28. The predicted octanol–water partition coefficient (Wildman–Crippen LogP) is 4.09. The van der Waals surface area contributed by atoms with Gasteiger partial charge in [-0.3, -0.25) is 4.79 Å². The predicted molar refractivity (Wildman–Crippen MR) is 123 cm³/mol. The summed E-state index contributed by atoms with van der Waals surface area (Å²) >= 11 is 0. The van der Waals surface area contributed by atoms with Crippen LogP contribution in [0.4, 0.5) is 18.9 Å². The Labute approximate surface area is 196 Å². The van der Waals surface area contributed by atoms with Crippen molar-refractivity contribution in [2.24, 2.45) is 0 Å². The van der Waals surface area contributed by atoms with Crippen LogP contribution in [-0.2, 0) is 17.5 Å². The fourth-order valence-corrected chi connectivity index (χ4v) is 3.84. The van der Waals surface area contributed by atoms with Gasteiger partial charge in [0.1, 0.15) is 12.1 Å². The minimum absolute atomic E-state index is 0.267. The van der Waals surface area contributed by atoms with Crippen molar-refractivity contribution in [3.05, 3.63) is 88.1 Å². The molecule has 0 saturated carbocycles. The molecule has 0 unspecified atom stereocenters. The van der Waals surface area contributed by atoms with Gasteiger partial charge in [0, 0.05) is 18.0 Å². The molecule has 3 heterocycles. The second-order valence-corrected chi connectivity index (χ2v) is 8.18. The van der Waals surface area contributed by atoms with E-state index in [0.717, 1.165) is 33.5 Å². The molecule has 178 valence electrons. The number of benzene rings is 2. The van der Waals surface area contributed by atoms with Crippen LogP contribution in [0.25, 0.3) is 22.4 Å². The summed E-state index contributed by atoms with van der Waals surface area (Å²) in [7, 11) is 0. The summed E-state index contributed by atoms with van der Waals surface area (Å²) < 4.78 is 43.4. The highest BCUT2D eigenvalue weighted by Crippen LogP contribution is 2.34. The highest BCUT2D eigenvalue weighted by Gasteiger charge is 2.33. The number of nitrogens with zero attached hydrogens (tertiary/aromatic N) is 5. The molecule has 5 aromatic rings. The highest BCUT2D eigenvalue weighted by molar-refractivity contribution is 5.91. The Bertz CT molecular complexity index is 1660. The molecule has 35 heavy (non-hydrogen) atoms. The molecule has 1 amide bonds. The van der Waals surface area contributed by atoms with Gasteiger partial charge in [0.25, 0.3) is 0 Å². The zero-order valence-electron chi connectivity index (χ0n) is 18.7. The molecule has 8 nitrogen and oxygen atoms in total. The van der Waals surface area contributed by atoms with Gasteiger partial charge in [-0.05, 0) is 49.2 Å². The van der Waals surface area contributed by atoms with E-state index in [1.54, 1.807) is 16.8 Å². The number of para-hydroxylation sites is 1. The zero-order valence-corrected chi connectivity index (χ0v) is 18.7. The maximum Gasteiger partial charge on any atom is 0.418 e. The molecule has 1 N–H and O–H groups in total. The molecule has 2 aromatic carbocycles. The van der Waals surface area contributed by atoms with Gasteiger partial charge < -0.3 is 5.32 Å². The van der Waals surface area contributed by atoms with E-state index < -0.39 is 35.6 Å². The van der Waals surface area contributed by atoms with Crippen molar-refractivity contribution in [1.29, 1.82) is 0 Å². The van der Waals surface area contributed by atoms with Crippen LogP contribution >= 0.6 is 0 Å². The molecule has 0 saturated heterocycles. The molecule has 0 spiro atoms. The van der Waals surface area contributed by atoms with Gasteiger partial charge in [-0.2, -0.15) is 18.3 Å². The number of aromatic nitrogens is 5. The van der Waals surface area contributed by atoms with Gasteiger partial charge in [-0.1, -0.05) is 24.3 Å². The van der Waals surface area contributed by atoms with Crippen LogP contribution in [0.1, 0.15) is 16.7 Å². The second-order valence-electron chi connectivity index (χ2n) is 8.18. The number of amides is 1. The number of hydrogen-bond donors (Lipinski definition) is 1. The number of halogens is 3. The number of hydrogen-bond acceptors (Lipinski definition) is 4. The molecule has 0 bridgehead atoms. The van der Waals surface area contributed by atoms with Gasteiger partial charge in [0.2, 0.25) is 5.91 Å². The second kappa shape index (κ2) is 8.12. The van der Waals surface area contributed by atoms with E-state index in [1.165, 1.54) is 22.7 Å². The number of rotatable bonds is 4. The van der Waals surface area contributed by atoms with Gasteiger partial charge in [0.05, 0.1) is 16.9 Å². The first kappa shape index (κ1) is 22.4. The Hall–Kier alpha value is -4.41. The highest BCUT2D eigenvalue weighted by atomic mass is 19.4. The minimum Gasteiger partial charge on any atom is -0.324 e.